The Bertz CT molecular complexity index is 587. The quantitative estimate of drug-likeness (QED) is 0.818. The second kappa shape index (κ2) is 6.39. The van der Waals surface area contributed by atoms with Gasteiger partial charge >= 0.3 is 0 Å². The maximum absolute atomic E-state index is 12.2. The van der Waals surface area contributed by atoms with Crippen molar-refractivity contribution >= 4 is 5.91 Å². The second-order valence-electron chi connectivity index (χ2n) is 4.82. The fourth-order valence-electron chi connectivity index (χ4n) is 2.36. The highest BCUT2D eigenvalue weighted by Gasteiger charge is 2.15. The largest absolute Gasteiger partial charge is 0.351 e. The Hall–Kier alpha value is -2.07. The van der Waals surface area contributed by atoms with Gasteiger partial charge in [0.15, 0.2) is 0 Å². The number of hydrogen-bond acceptors (Lipinski definition) is 2. The van der Waals surface area contributed by atoms with Gasteiger partial charge in [-0.15, -0.1) is 0 Å². The van der Waals surface area contributed by atoms with Crippen molar-refractivity contribution in [3.8, 4) is 5.69 Å². The molecular weight excluding hydrogens is 250 g/mol. The molecule has 0 fully saturated rings. The van der Waals surface area contributed by atoms with E-state index in [-0.39, 0.29) is 5.91 Å². The van der Waals surface area contributed by atoms with E-state index in [1.807, 2.05) is 57.3 Å². The average molecular weight is 271 g/mol. The normalized spacial score (nSPS) is 10.6. The van der Waals surface area contributed by atoms with Crippen LogP contribution in [0.4, 0.5) is 0 Å². The van der Waals surface area contributed by atoms with Gasteiger partial charge < -0.3 is 15.2 Å². The number of carbonyl (C=O) groups is 1. The molecule has 4 heteroatoms. The predicted molar refractivity (Wildman–Crippen MR) is 81.5 cm³/mol. The number of rotatable bonds is 5. The van der Waals surface area contributed by atoms with Crippen LogP contribution in [0.1, 0.15) is 21.7 Å². The molecule has 0 aliphatic rings. The van der Waals surface area contributed by atoms with Crippen LogP contribution in [0, 0.1) is 13.8 Å². The number of nitrogens with one attached hydrogen (secondary N) is 2. The van der Waals surface area contributed by atoms with Crippen molar-refractivity contribution < 1.29 is 4.79 Å². The first kappa shape index (κ1) is 14.3. The van der Waals surface area contributed by atoms with Crippen LogP contribution in [0.15, 0.2) is 36.4 Å². The molecule has 0 unspecified atom stereocenters. The van der Waals surface area contributed by atoms with Crippen LogP contribution in [0.3, 0.4) is 0 Å². The van der Waals surface area contributed by atoms with Crippen molar-refractivity contribution in [3.63, 3.8) is 0 Å². The molecule has 0 radical (unpaired) electrons. The van der Waals surface area contributed by atoms with Gasteiger partial charge in [-0.3, -0.25) is 4.79 Å². The van der Waals surface area contributed by atoms with E-state index in [9.17, 15) is 4.79 Å². The van der Waals surface area contributed by atoms with Gasteiger partial charge in [0.1, 0.15) is 0 Å². The molecule has 0 bridgehead atoms. The molecule has 0 atom stereocenters. The Morgan fingerprint density at radius 3 is 2.50 bits per heavy atom. The highest BCUT2D eigenvalue weighted by atomic mass is 16.1. The summed E-state index contributed by atoms with van der Waals surface area (Å²) in [5.41, 5.74) is 3.85. The third kappa shape index (κ3) is 2.91. The van der Waals surface area contributed by atoms with Gasteiger partial charge in [0.25, 0.3) is 5.91 Å². The van der Waals surface area contributed by atoms with Crippen molar-refractivity contribution in [1.29, 1.82) is 0 Å². The summed E-state index contributed by atoms with van der Waals surface area (Å²) in [6.45, 7) is 5.39. The zero-order valence-electron chi connectivity index (χ0n) is 12.2. The lowest BCUT2D eigenvalue weighted by molar-refractivity contribution is 0.0953. The molecule has 2 N–H and O–H groups in total. The Morgan fingerprint density at radius 1 is 1.15 bits per heavy atom. The average Bonchev–Trinajstić information content (AvgIpc) is 2.75. The van der Waals surface area contributed by atoms with Crippen molar-refractivity contribution in [2.45, 2.75) is 13.8 Å². The van der Waals surface area contributed by atoms with Gasteiger partial charge in [0.05, 0.1) is 5.56 Å². The van der Waals surface area contributed by atoms with Crippen LogP contribution < -0.4 is 10.6 Å². The first-order valence-electron chi connectivity index (χ1n) is 6.82. The summed E-state index contributed by atoms with van der Waals surface area (Å²) in [6.07, 6.45) is 0. The lowest BCUT2D eigenvalue weighted by atomic mass is 10.2. The van der Waals surface area contributed by atoms with Crippen molar-refractivity contribution in [3.05, 3.63) is 53.3 Å². The Balaban J connectivity index is 2.27. The van der Waals surface area contributed by atoms with E-state index < -0.39 is 0 Å². The maximum Gasteiger partial charge on any atom is 0.253 e. The van der Waals surface area contributed by atoms with Crippen LogP contribution in [0.2, 0.25) is 0 Å². The van der Waals surface area contributed by atoms with Gasteiger partial charge in [-0.05, 0) is 39.1 Å². The molecule has 1 amide bonds. The topological polar surface area (TPSA) is 46.1 Å². The Kier molecular flexibility index (Phi) is 4.58. The van der Waals surface area contributed by atoms with Crippen LogP contribution in [-0.4, -0.2) is 30.6 Å². The number of likely N-dealkylation sites (N-methyl/N-ethyl adjacent to an activating group) is 1. The Morgan fingerprint density at radius 2 is 1.85 bits per heavy atom. The predicted octanol–water partition coefficient (Wildman–Crippen LogP) is 2.04. The molecule has 1 aromatic carbocycles. The van der Waals surface area contributed by atoms with Crippen molar-refractivity contribution in [2.24, 2.45) is 0 Å². The van der Waals surface area contributed by atoms with Gasteiger partial charge in [-0.1, -0.05) is 18.2 Å². The first-order chi connectivity index (χ1) is 9.65. The molecule has 2 aromatic rings. The maximum atomic E-state index is 12.2. The third-order valence-corrected chi connectivity index (χ3v) is 3.35. The van der Waals surface area contributed by atoms with Crippen LogP contribution in [0.5, 0.6) is 0 Å². The number of aromatic nitrogens is 1. The molecule has 4 nitrogen and oxygen atoms in total. The van der Waals surface area contributed by atoms with Gasteiger partial charge in [0, 0.05) is 30.2 Å². The van der Waals surface area contributed by atoms with Crippen LogP contribution in [-0.2, 0) is 0 Å². The minimum Gasteiger partial charge on any atom is -0.351 e. The number of amides is 1. The van der Waals surface area contributed by atoms with Crippen LogP contribution >= 0.6 is 0 Å². The number of carbonyl (C=O) groups excluding carboxylic acids is 1. The molecule has 106 valence electrons. The molecule has 20 heavy (non-hydrogen) atoms. The summed E-state index contributed by atoms with van der Waals surface area (Å²) < 4.78 is 2.10. The lowest BCUT2D eigenvalue weighted by Gasteiger charge is -2.10. The van der Waals surface area contributed by atoms with E-state index in [0.29, 0.717) is 6.54 Å². The summed E-state index contributed by atoms with van der Waals surface area (Å²) in [5.74, 6) is -0.0180. The highest BCUT2D eigenvalue weighted by molar-refractivity contribution is 5.95. The number of aryl methyl sites for hydroxylation is 1. The smallest absolute Gasteiger partial charge is 0.253 e. The van der Waals surface area contributed by atoms with E-state index in [1.165, 1.54) is 0 Å². The Labute approximate surface area is 119 Å². The standard InChI is InChI=1S/C16H21N3O/c1-12-11-15(16(20)18-10-9-17-3)13(2)19(12)14-7-5-4-6-8-14/h4-8,11,17H,9-10H2,1-3H3,(H,18,20). The summed E-state index contributed by atoms with van der Waals surface area (Å²) in [7, 11) is 1.87. The fourth-order valence-corrected chi connectivity index (χ4v) is 2.36. The van der Waals surface area contributed by atoms with E-state index in [4.69, 9.17) is 0 Å². The molecule has 1 heterocycles. The molecule has 2 rings (SSSR count). The SMILES string of the molecule is CNCCNC(=O)c1cc(C)n(-c2ccccc2)c1C. The van der Waals surface area contributed by atoms with Crippen molar-refractivity contribution in [2.75, 3.05) is 20.1 Å². The molecule has 0 saturated carbocycles. The number of benzene rings is 1. The molecule has 0 spiro atoms. The molecular formula is C16H21N3O. The zero-order chi connectivity index (χ0) is 14.5. The van der Waals surface area contributed by atoms with Crippen LogP contribution in [0.25, 0.3) is 5.69 Å². The molecule has 0 saturated heterocycles. The number of nitrogens with zero attached hydrogens (tertiary/aromatic N) is 1. The summed E-state index contributed by atoms with van der Waals surface area (Å²) in [5, 5.41) is 5.93. The van der Waals surface area contributed by atoms with Gasteiger partial charge in [0.2, 0.25) is 0 Å². The monoisotopic (exact) mass is 271 g/mol. The van der Waals surface area contributed by atoms with E-state index in [2.05, 4.69) is 15.2 Å². The van der Waals surface area contributed by atoms with E-state index in [0.717, 1.165) is 29.2 Å². The minimum absolute atomic E-state index is 0.0180. The molecule has 1 aromatic heterocycles. The summed E-state index contributed by atoms with van der Waals surface area (Å²) >= 11 is 0. The third-order valence-electron chi connectivity index (χ3n) is 3.35. The zero-order valence-corrected chi connectivity index (χ0v) is 12.2. The summed E-state index contributed by atoms with van der Waals surface area (Å²) in [6, 6.07) is 12.0. The molecule has 0 aliphatic carbocycles. The number of para-hydroxylation sites is 1. The second-order valence-corrected chi connectivity index (χ2v) is 4.82. The van der Waals surface area contributed by atoms with E-state index in [1.54, 1.807) is 0 Å². The molecule has 0 aliphatic heterocycles. The minimum atomic E-state index is -0.0180. The summed E-state index contributed by atoms with van der Waals surface area (Å²) in [4.78, 5) is 12.2. The highest BCUT2D eigenvalue weighted by Crippen LogP contribution is 2.20. The first-order valence-corrected chi connectivity index (χ1v) is 6.82. The van der Waals surface area contributed by atoms with E-state index >= 15 is 0 Å². The lowest BCUT2D eigenvalue weighted by Crippen LogP contribution is -2.30. The number of hydrogen-bond donors (Lipinski definition) is 2. The fraction of sp³-hybridized carbons (Fsp3) is 0.312. The van der Waals surface area contributed by atoms with Crippen molar-refractivity contribution in [1.82, 2.24) is 15.2 Å². The van der Waals surface area contributed by atoms with Gasteiger partial charge in [-0.2, -0.15) is 0 Å². The van der Waals surface area contributed by atoms with Gasteiger partial charge in [-0.25, -0.2) is 0 Å².